The minimum absolute atomic E-state index is 0.141. The highest BCUT2D eigenvalue weighted by Gasteiger charge is 2.53. The molecule has 7 nitrogen and oxygen atoms in total. The van der Waals surface area contributed by atoms with Crippen LogP contribution in [-0.4, -0.2) is 50.5 Å². The van der Waals surface area contributed by atoms with Crippen molar-refractivity contribution in [2.75, 3.05) is 34.0 Å². The van der Waals surface area contributed by atoms with Gasteiger partial charge in [0, 0.05) is 17.5 Å². The third kappa shape index (κ3) is 2.58. The van der Waals surface area contributed by atoms with Crippen LogP contribution < -0.4 is 23.8 Å². The quantitative estimate of drug-likeness (QED) is 0.824. The number of methoxy groups -OCH3 is 1. The molecule has 0 radical (unpaired) electrons. The van der Waals surface area contributed by atoms with E-state index in [2.05, 4.69) is 24.2 Å². The molecular formula is C23H26N3O4+. The van der Waals surface area contributed by atoms with Crippen LogP contribution in [-0.2, 0) is 0 Å². The van der Waals surface area contributed by atoms with Crippen molar-refractivity contribution >= 4 is 5.71 Å². The number of likely N-dealkylation sites (tertiary alicyclic amines) is 1. The molecule has 1 saturated heterocycles. The highest BCUT2D eigenvalue weighted by atomic mass is 16.7. The van der Waals surface area contributed by atoms with Crippen LogP contribution in [0.15, 0.2) is 41.5 Å². The summed E-state index contributed by atoms with van der Waals surface area (Å²) in [7, 11) is 3.95. The number of fused-ring (bicyclic) bond motifs is 5. The number of rotatable bonds is 2. The minimum Gasteiger partial charge on any atom is -0.493 e. The number of benzene rings is 2. The van der Waals surface area contributed by atoms with Crippen LogP contribution >= 0.6 is 0 Å². The molecule has 0 aliphatic carbocycles. The van der Waals surface area contributed by atoms with Gasteiger partial charge in [0.1, 0.15) is 0 Å². The average molecular weight is 408 g/mol. The predicted octanol–water partition coefficient (Wildman–Crippen LogP) is 1.97. The summed E-state index contributed by atoms with van der Waals surface area (Å²) < 4.78 is 23.5. The van der Waals surface area contributed by atoms with Gasteiger partial charge in [-0.1, -0.05) is 12.1 Å². The van der Waals surface area contributed by atoms with Gasteiger partial charge in [-0.15, -0.1) is 0 Å². The van der Waals surface area contributed by atoms with E-state index in [4.69, 9.17) is 24.0 Å². The van der Waals surface area contributed by atoms with E-state index in [9.17, 15) is 0 Å². The Morgan fingerprint density at radius 2 is 1.97 bits per heavy atom. The van der Waals surface area contributed by atoms with E-state index in [-0.39, 0.29) is 12.8 Å². The van der Waals surface area contributed by atoms with Gasteiger partial charge in [-0.05, 0) is 24.3 Å². The van der Waals surface area contributed by atoms with Crippen molar-refractivity contribution in [1.82, 2.24) is 5.01 Å². The fourth-order valence-electron chi connectivity index (χ4n) is 5.08. The molecule has 6 rings (SSSR count). The molecule has 1 spiro atoms. The summed E-state index contributed by atoms with van der Waals surface area (Å²) in [5.41, 5.74) is 2.85. The van der Waals surface area contributed by atoms with Gasteiger partial charge in [0.05, 0.1) is 51.8 Å². The number of para-hydroxylation sites is 1. The molecule has 7 heteroatoms. The lowest BCUT2D eigenvalue weighted by atomic mass is 9.90. The van der Waals surface area contributed by atoms with Gasteiger partial charge in [-0.3, -0.25) is 0 Å². The van der Waals surface area contributed by atoms with Gasteiger partial charge in [0.15, 0.2) is 23.0 Å². The molecule has 4 aliphatic heterocycles. The lowest BCUT2D eigenvalue weighted by Crippen LogP contribution is -3.11. The first-order valence-corrected chi connectivity index (χ1v) is 10.6. The van der Waals surface area contributed by atoms with E-state index in [0.29, 0.717) is 0 Å². The van der Waals surface area contributed by atoms with Crippen molar-refractivity contribution in [1.29, 1.82) is 0 Å². The van der Waals surface area contributed by atoms with Crippen molar-refractivity contribution in [2.24, 2.45) is 5.10 Å². The van der Waals surface area contributed by atoms with Gasteiger partial charge in [0.25, 0.3) is 0 Å². The Balaban J connectivity index is 1.44. The fraction of sp³-hybridized carbons (Fsp3) is 0.435. The van der Waals surface area contributed by atoms with Crippen LogP contribution in [0.1, 0.15) is 36.4 Å². The monoisotopic (exact) mass is 408 g/mol. The zero-order chi connectivity index (χ0) is 20.3. The second-order valence-electron chi connectivity index (χ2n) is 8.56. The molecule has 1 atom stereocenters. The molecule has 2 aromatic rings. The zero-order valence-corrected chi connectivity index (χ0v) is 17.3. The van der Waals surface area contributed by atoms with Crippen molar-refractivity contribution in [2.45, 2.75) is 31.0 Å². The predicted molar refractivity (Wildman–Crippen MR) is 111 cm³/mol. The molecule has 1 fully saturated rings. The maximum atomic E-state index is 6.74. The Kier molecular flexibility index (Phi) is 3.90. The summed E-state index contributed by atoms with van der Waals surface area (Å²) in [4.78, 5) is 1.53. The molecule has 30 heavy (non-hydrogen) atoms. The number of nitrogens with zero attached hydrogens (tertiary/aromatic N) is 2. The zero-order valence-electron chi connectivity index (χ0n) is 17.3. The number of quaternary nitrogens is 1. The van der Waals surface area contributed by atoms with Crippen LogP contribution in [0.4, 0.5) is 0 Å². The summed E-state index contributed by atoms with van der Waals surface area (Å²) in [6.45, 7) is 2.39. The van der Waals surface area contributed by atoms with E-state index in [1.165, 1.54) is 4.90 Å². The third-order valence-electron chi connectivity index (χ3n) is 6.80. The first kappa shape index (κ1) is 17.9. The molecule has 0 unspecified atom stereocenters. The van der Waals surface area contributed by atoms with Crippen LogP contribution in [0, 0.1) is 0 Å². The van der Waals surface area contributed by atoms with Crippen LogP contribution in [0.3, 0.4) is 0 Å². The van der Waals surface area contributed by atoms with E-state index in [1.54, 1.807) is 7.11 Å². The van der Waals surface area contributed by atoms with E-state index in [1.807, 2.05) is 24.3 Å². The Morgan fingerprint density at radius 1 is 1.13 bits per heavy atom. The second-order valence-corrected chi connectivity index (χ2v) is 8.56. The van der Waals surface area contributed by atoms with Gasteiger partial charge in [-0.2, -0.15) is 5.10 Å². The Labute approximate surface area is 175 Å². The van der Waals surface area contributed by atoms with Crippen LogP contribution in [0.25, 0.3) is 0 Å². The lowest BCUT2D eigenvalue weighted by molar-refractivity contribution is -0.888. The number of piperidine rings is 1. The molecule has 156 valence electrons. The highest BCUT2D eigenvalue weighted by molar-refractivity contribution is 6.02. The minimum atomic E-state index is -0.427. The molecule has 4 aliphatic rings. The summed E-state index contributed by atoms with van der Waals surface area (Å²) in [6, 6.07) is 12.4. The number of hydrogen-bond acceptors (Lipinski definition) is 6. The summed E-state index contributed by atoms with van der Waals surface area (Å²) in [6.07, 6.45) is 2.70. The molecule has 0 bridgehead atoms. The van der Waals surface area contributed by atoms with Gasteiger partial charge in [-0.25, -0.2) is 5.01 Å². The fourth-order valence-corrected chi connectivity index (χ4v) is 5.08. The summed E-state index contributed by atoms with van der Waals surface area (Å²) in [5.74, 6) is 3.26. The molecule has 0 amide bonds. The van der Waals surface area contributed by atoms with Crippen molar-refractivity contribution in [3.05, 3.63) is 47.5 Å². The second kappa shape index (κ2) is 6.54. The largest absolute Gasteiger partial charge is 0.493 e. The smallest absolute Gasteiger partial charge is 0.231 e. The molecule has 2 aromatic carbocycles. The molecule has 0 aromatic heterocycles. The van der Waals surface area contributed by atoms with Gasteiger partial charge in [0.2, 0.25) is 12.5 Å². The van der Waals surface area contributed by atoms with Crippen molar-refractivity contribution < 1.29 is 23.8 Å². The molecule has 4 heterocycles. The Bertz CT molecular complexity index is 1030. The first-order valence-electron chi connectivity index (χ1n) is 10.6. The average Bonchev–Trinajstić information content (AvgIpc) is 3.43. The van der Waals surface area contributed by atoms with E-state index >= 15 is 0 Å². The summed E-state index contributed by atoms with van der Waals surface area (Å²) >= 11 is 0. The Hall–Kier alpha value is -2.93. The van der Waals surface area contributed by atoms with Crippen LogP contribution in [0.2, 0.25) is 0 Å². The first-order chi connectivity index (χ1) is 14.7. The third-order valence-corrected chi connectivity index (χ3v) is 6.80. The van der Waals surface area contributed by atoms with Gasteiger partial charge >= 0.3 is 0 Å². The van der Waals surface area contributed by atoms with Crippen molar-refractivity contribution in [3.63, 3.8) is 0 Å². The highest BCUT2D eigenvalue weighted by Crippen LogP contribution is 2.52. The SMILES string of the molecule is COc1cccc2c1OC1(CC[NH+](C)CC1)N1N=C(c3ccc4c(c3)OCO4)C[C@H]21. The normalized spacial score (nSPS) is 28.6. The molecular weight excluding hydrogens is 382 g/mol. The topological polar surface area (TPSA) is 57.0 Å². The van der Waals surface area contributed by atoms with Crippen LogP contribution in [0.5, 0.6) is 23.0 Å². The summed E-state index contributed by atoms with van der Waals surface area (Å²) in [5, 5.41) is 7.38. The molecule has 1 N–H and O–H groups in total. The van der Waals surface area contributed by atoms with Crippen molar-refractivity contribution in [3.8, 4) is 23.0 Å². The number of hydrogen-bond donors (Lipinski definition) is 1. The standard InChI is InChI=1S/C23H25N3O4/c1-25-10-8-23(9-11-25)26-18(16-4-3-5-20(27-2)22(16)30-23)13-17(24-26)15-6-7-19-21(12-15)29-14-28-19/h3-7,12,18H,8-11,13-14H2,1-2H3/p+1/t18-/m1/s1. The Morgan fingerprint density at radius 3 is 2.80 bits per heavy atom. The van der Waals surface area contributed by atoms with E-state index in [0.717, 1.165) is 72.2 Å². The maximum Gasteiger partial charge on any atom is 0.231 e. The van der Waals surface area contributed by atoms with Gasteiger partial charge < -0.3 is 23.8 Å². The lowest BCUT2D eigenvalue weighted by Gasteiger charge is -2.49. The number of ether oxygens (including phenoxy) is 4. The van der Waals surface area contributed by atoms with E-state index < -0.39 is 5.72 Å². The number of hydrazone groups is 1. The number of nitrogens with one attached hydrogen (secondary N) is 1. The molecule has 0 saturated carbocycles. The maximum absolute atomic E-state index is 6.74.